The molecule has 110 valence electrons. The molecule has 0 amide bonds. The molecule has 0 fully saturated rings. The molecule has 0 spiro atoms. The van der Waals surface area contributed by atoms with E-state index in [4.69, 9.17) is 0 Å². The average Bonchev–Trinajstić information content (AvgIpc) is 2.42. The van der Waals surface area contributed by atoms with Crippen LogP contribution in [0.25, 0.3) is 0 Å². The number of H-pyrrole nitrogens is 1. The second-order valence-electron chi connectivity index (χ2n) is 5.27. The monoisotopic (exact) mass is 291 g/mol. The summed E-state index contributed by atoms with van der Waals surface area (Å²) < 4.78 is 26.6. The zero-order valence-corrected chi connectivity index (χ0v) is 11.6. The Labute approximate surface area is 120 Å². The fraction of sp³-hybridized carbons (Fsp3) is 0.333. The molecule has 21 heavy (non-hydrogen) atoms. The molecular formula is C15H15F2N3O. The molecule has 0 atom stereocenters. The van der Waals surface area contributed by atoms with Crippen molar-refractivity contribution < 1.29 is 8.78 Å². The van der Waals surface area contributed by atoms with E-state index in [2.05, 4.69) is 9.97 Å². The number of fused-ring (bicyclic) bond motifs is 1. The van der Waals surface area contributed by atoms with Crippen molar-refractivity contribution >= 4 is 0 Å². The van der Waals surface area contributed by atoms with Crippen LogP contribution < -0.4 is 5.56 Å². The minimum absolute atomic E-state index is 0.137. The van der Waals surface area contributed by atoms with Crippen molar-refractivity contribution in [1.29, 1.82) is 0 Å². The van der Waals surface area contributed by atoms with E-state index in [-0.39, 0.29) is 5.56 Å². The maximum Gasteiger partial charge on any atom is 0.255 e. The van der Waals surface area contributed by atoms with Gasteiger partial charge in [-0.05, 0) is 13.0 Å². The molecule has 6 heteroatoms. The number of aromatic amines is 1. The van der Waals surface area contributed by atoms with Gasteiger partial charge in [-0.2, -0.15) is 0 Å². The summed E-state index contributed by atoms with van der Waals surface area (Å²) in [5.74, 6) is -0.537. The first-order chi connectivity index (χ1) is 10.0. The second-order valence-corrected chi connectivity index (χ2v) is 5.27. The molecule has 1 aliphatic rings. The van der Waals surface area contributed by atoms with Gasteiger partial charge < -0.3 is 4.98 Å². The summed E-state index contributed by atoms with van der Waals surface area (Å²) in [6, 6.07) is 3.57. The standard InChI is InChI=1S/C15H15F2N3O/c1-9-18-14-4-5-20(8-12(14)15(21)19-9)7-10-2-3-11(16)6-13(10)17/h2-3,6H,4-5,7-8H2,1H3,(H,18,19,21). The molecule has 1 aromatic heterocycles. The predicted molar refractivity (Wildman–Crippen MR) is 73.8 cm³/mol. The molecule has 1 N–H and O–H groups in total. The Hall–Kier alpha value is -2.08. The summed E-state index contributed by atoms with van der Waals surface area (Å²) in [6.45, 7) is 3.22. The Morgan fingerprint density at radius 3 is 2.95 bits per heavy atom. The molecule has 0 saturated heterocycles. The number of rotatable bonds is 2. The molecule has 1 aromatic carbocycles. The van der Waals surface area contributed by atoms with Crippen molar-refractivity contribution in [3.8, 4) is 0 Å². The summed E-state index contributed by atoms with van der Waals surface area (Å²) in [4.78, 5) is 20.9. The highest BCUT2D eigenvalue weighted by Crippen LogP contribution is 2.18. The van der Waals surface area contributed by atoms with E-state index in [0.29, 0.717) is 43.0 Å². The minimum atomic E-state index is -0.587. The van der Waals surface area contributed by atoms with Gasteiger partial charge in [0.25, 0.3) is 5.56 Å². The van der Waals surface area contributed by atoms with E-state index in [1.54, 1.807) is 6.92 Å². The van der Waals surface area contributed by atoms with Crippen molar-refractivity contribution in [3.05, 3.63) is 62.8 Å². The normalized spacial score (nSPS) is 15.0. The third kappa shape index (κ3) is 2.85. The Morgan fingerprint density at radius 1 is 1.38 bits per heavy atom. The molecule has 4 nitrogen and oxygen atoms in total. The van der Waals surface area contributed by atoms with Crippen LogP contribution in [0.15, 0.2) is 23.0 Å². The van der Waals surface area contributed by atoms with E-state index < -0.39 is 11.6 Å². The first kappa shape index (κ1) is 13.9. The lowest BCUT2D eigenvalue weighted by molar-refractivity contribution is 0.238. The quantitative estimate of drug-likeness (QED) is 0.919. The molecule has 2 heterocycles. The van der Waals surface area contributed by atoms with Crippen LogP contribution in [-0.4, -0.2) is 21.4 Å². The zero-order chi connectivity index (χ0) is 15.0. The maximum atomic E-state index is 13.7. The molecule has 1 aliphatic heterocycles. The number of nitrogens with one attached hydrogen (secondary N) is 1. The van der Waals surface area contributed by atoms with Crippen molar-refractivity contribution in [3.63, 3.8) is 0 Å². The smallest absolute Gasteiger partial charge is 0.255 e. The largest absolute Gasteiger partial charge is 0.310 e. The van der Waals surface area contributed by atoms with Gasteiger partial charge in [0, 0.05) is 37.7 Å². The summed E-state index contributed by atoms with van der Waals surface area (Å²) in [5, 5.41) is 0. The lowest BCUT2D eigenvalue weighted by atomic mass is 10.1. The van der Waals surface area contributed by atoms with Crippen LogP contribution in [0.1, 0.15) is 22.6 Å². The van der Waals surface area contributed by atoms with Crippen molar-refractivity contribution in [2.75, 3.05) is 6.54 Å². The zero-order valence-electron chi connectivity index (χ0n) is 11.6. The molecular weight excluding hydrogens is 276 g/mol. The highest BCUT2D eigenvalue weighted by molar-refractivity contribution is 5.22. The maximum absolute atomic E-state index is 13.7. The molecule has 0 aliphatic carbocycles. The lowest BCUT2D eigenvalue weighted by Gasteiger charge is -2.27. The van der Waals surface area contributed by atoms with Gasteiger partial charge in [-0.3, -0.25) is 9.69 Å². The van der Waals surface area contributed by atoms with Gasteiger partial charge in [-0.15, -0.1) is 0 Å². The number of aromatic nitrogens is 2. The second kappa shape index (κ2) is 5.37. The third-order valence-corrected chi connectivity index (χ3v) is 3.68. The molecule has 0 unspecified atom stereocenters. The lowest BCUT2D eigenvalue weighted by Crippen LogP contribution is -2.35. The first-order valence-electron chi connectivity index (χ1n) is 6.78. The topological polar surface area (TPSA) is 49.0 Å². The highest BCUT2D eigenvalue weighted by atomic mass is 19.1. The summed E-state index contributed by atoms with van der Waals surface area (Å²) in [5.41, 5.74) is 1.74. The highest BCUT2D eigenvalue weighted by Gasteiger charge is 2.21. The summed E-state index contributed by atoms with van der Waals surface area (Å²) in [6.07, 6.45) is 0.656. The van der Waals surface area contributed by atoms with Gasteiger partial charge >= 0.3 is 0 Å². The Balaban J connectivity index is 1.82. The molecule has 0 saturated carbocycles. The Kier molecular flexibility index (Phi) is 3.55. The molecule has 0 radical (unpaired) electrons. The summed E-state index contributed by atoms with van der Waals surface area (Å²) >= 11 is 0. The fourth-order valence-electron chi connectivity index (χ4n) is 2.63. The molecule has 2 aromatic rings. The van der Waals surface area contributed by atoms with E-state index in [1.165, 1.54) is 12.1 Å². The van der Waals surface area contributed by atoms with Crippen LogP contribution in [0.2, 0.25) is 0 Å². The van der Waals surface area contributed by atoms with E-state index in [1.807, 2.05) is 4.90 Å². The van der Waals surface area contributed by atoms with Crippen LogP contribution in [0, 0.1) is 18.6 Å². The van der Waals surface area contributed by atoms with Crippen molar-refractivity contribution in [2.45, 2.75) is 26.4 Å². The summed E-state index contributed by atoms with van der Waals surface area (Å²) in [7, 11) is 0. The Bertz CT molecular complexity index is 742. The van der Waals surface area contributed by atoms with E-state index in [9.17, 15) is 13.6 Å². The van der Waals surface area contributed by atoms with E-state index in [0.717, 1.165) is 11.8 Å². The SMILES string of the molecule is Cc1nc2c(c(=O)[nH]1)CN(Cc1ccc(F)cc1F)CC2. The predicted octanol–water partition coefficient (Wildman–Crippen LogP) is 1.91. The van der Waals surface area contributed by atoms with Crippen LogP contribution in [-0.2, 0) is 19.5 Å². The van der Waals surface area contributed by atoms with Gasteiger partial charge in [0.2, 0.25) is 0 Å². The number of hydrogen-bond donors (Lipinski definition) is 1. The fourth-order valence-corrected chi connectivity index (χ4v) is 2.63. The third-order valence-electron chi connectivity index (χ3n) is 3.68. The van der Waals surface area contributed by atoms with E-state index >= 15 is 0 Å². The van der Waals surface area contributed by atoms with Gasteiger partial charge in [0.1, 0.15) is 17.5 Å². The number of aryl methyl sites for hydroxylation is 1. The number of benzene rings is 1. The van der Waals surface area contributed by atoms with Gasteiger partial charge in [-0.25, -0.2) is 13.8 Å². The average molecular weight is 291 g/mol. The van der Waals surface area contributed by atoms with Crippen molar-refractivity contribution in [2.24, 2.45) is 0 Å². The van der Waals surface area contributed by atoms with Crippen LogP contribution in [0.5, 0.6) is 0 Å². The van der Waals surface area contributed by atoms with Gasteiger partial charge in [0.15, 0.2) is 0 Å². The molecule has 0 bridgehead atoms. The number of hydrogen-bond acceptors (Lipinski definition) is 3. The van der Waals surface area contributed by atoms with Gasteiger partial charge in [-0.1, -0.05) is 6.07 Å². The Morgan fingerprint density at radius 2 is 2.19 bits per heavy atom. The van der Waals surface area contributed by atoms with Crippen LogP contribution in [0.3, 0.4) is 0 Å². The van der Waals surface area contributed by atoms with Crippen LogP contribution >= 0.6 is 0 Å². The minimum Gasteiger partial charge on any atom is -0.310 e. The number of nitrogens with zero attached hydrogens (tertiary/aromatic N) is 2. The first-order valence-corrected chi connectivity index (χ1v) is 6.78. The number of halogens is 2. The van der Waals surface area contributed by atoms with Crippen LogP contribution in [0.4, 0.5) is 8.78 Å². The van der Waals surface area contributed by atoms with Crippen molar-refractivity contribution in [1.82, 2.24) is 14.9 Å². The molecule has 3 rings (SSSR count). The van der Waals surface area contributed by atoms with Gasteiger partial charge in [0.05, 0.1) is 11.3 Å².